The molecule has 3 aliphatic rings. The van der Waals surface area contributed by atoms with Crippen molar-refractivity contribution in [1.29, 1.82) is 0 Å². The summed E-state index contributed by atoms with van der Waals surface area (Å²) in [5.74, 6) is -2.49. The molecule has 11 heteroatoms. The molecule has 2 saturated carbocycles. The molecule has 0 aromatic heterocycles. The van der Waals surface area contributed by atoms with Crippen LogP contribution in [-0.4, -0.2) is 76.6 Å². The van der Waals surface area contributed by atoms with Gasteiger partial charge in [0.15, 0.2) is 5.78 Å². The number of carbonyl (C=O) groups is 6. The summed E-state index contributed by atoms with van der Waals surface area (Å²) in [4.78, 5) is 79.5. The molecule has 0 aromatic carbocycles. The van der Waals surface area contributed by atoms with Gasteiger partial charge in [-0.05, 0) is 84.1 Å². The number of carbonyl (C=O) groups excluding carboxylic acids is 6. The number of nitrogens with one attached hydrogen (secondary N) is 3. The number of Topliss-reactive ketones (excluding diaryl/α,β-unsaturated/α-hetero) is 1. The van der Waals surface area contributed by atoms with Gasteiger partial charge in [-0.15, -0.1) is 0 Å². The van der Waals surface area contributed by atoms with E-state index in [0.29, 0.717) is 19.4 Å². The average Bonchev–Trinajstić information content (AvgIpc) is 3.45. The van der Waals surface area contributed by atoms with Crippen LogP contribution in [0.4, 0.5) is 4.79 Å². The van der Waals surface area contributed by atoms with Gasteiger partial charge in [0.05, 0.1) is 6.04 Å². The molecule has 41 heavy (non-hydrogen) atoms. The van der Waals surface area contributed by atoms with Crippen LogP contribution in [0.1, 0.15) is 92.4 Å². The molecule has 2 aliphatic carbocycles. The minimum Gasteiger partial charge on any atom is -0.444 e. The van der Waals surface area contributed by atoms with Crippen LogP contribution >= 0.6 is 0 Å². The summed E-state index contributed by atoms with van der Waals surface area (Å²) in [6.07, 6.45) is 7.41. The Hall–Kier alpha value is -3.24. The van der Waals surface area contributed by atoms with Gasteiger partial charge in [-0.25, -0.2) is 4.79 Å². The Morgan fingerprint density at radius 3 is 2.29 bits per heavy atom. The highest BCUT2D eigenvalue weighted by molar-refractivity contribution is 6.38. The predicted molar refractivity (Wildman–Crippen MR) is 152 cm³/mol. The van der Waals surface area contributed by atoms with E-state index < -0.39 is 53.3 Å². The molecule has 0 spiro atoms. The molecular weight excluding hydrogens is 528 g/mol. The number of hydrogen-bond acceptors (Lipinski definition) is 7. The number of allylic oxidation sites excluding steroid dienone is 2. The summed E-state index contributed by atoms with van der Waals surface area (Å²) in [5.41, 5.74) is -0.793. The van der Waals surface area contributed by atoms with Gasteiger partial charge in [0.1, 0.15) is 17.7 Å². The molecule has 1 unspecified atom stereocenters. The maximum atomic E-state index is 14.0. The maximum Gasteiger partial charge on any atom is 0.408 e. The summed E-state index contributed by atoms with van der Waals surface area (Å²) in [5, 5.41) is 8.11. The molecule has 1 aliphatic heterocycles. The van der Waals surface area contributed by atoms with Crippen molar-refractivity contribution < 1.29 is 33.5 Å². The SMILES string of the molecule is CC=CC(=O)CC[C@H](NC(=O)OC(C)(C)C)C(=O)N1C[C@@H]2CCC[C@@H]2C1C(=O)N[C@@H](CCC)C(=O)C(=O)NC1CC1. The highest BCUT2D eigenvalue weighted by Gasteiger charge is 2.51. The van der Waals surface area contributed by atoms with Crippen molar-refractivity contribution >= 4 is 35.4 Å². The van der Waals surface area contributed by atoms with Gasteiger partial charge in [0, 0.05) is 19.0 Å². The predicted octanol–water partition coefficient (Wildman–Crippen LogP) is 2.56. The molecule has 1 heterocycles. The third-order valence-corrected chi connectivity index (χ3v) is 7.81. The van der Waals surface area contributed by atoms with Gasteiger partial charge in [-0.1, -0.05) is 25.8 Å². The number of ketones is 2. The van der Waals surface area contributed by atoms with Crippen molar-refractivity contribution in [2.24, 2.45) is 11.8 Å². The van der Waals surface area contributed by atoms with Crippen molar-refractivity contribution in [3.63, 3.8) is 0 Å². The summed E-state index contributed by atoms with van der Waals surface area (Å²) in [7, 11) is 0. The van der Waals surface area contributed by atoms with Crippen molar-refractivity contribution in [2.45, 2.75) is 122 Å². The van der Waals surface area contributed by atoms with Crippen LogP contribution in [-0.2, 0) is 28.7 Å². The lowest BCUT2D eigenvalue weighted by Gasteiger charge is -2.32. The summed E-state index contributed by atoms with van der Waals surface area (Å²) >= 11 is 0. The monoisotopic (exact) mass is 574 g/mol. The van der Waals surface area contributed by atoms with Gasteiger partial charge in [0.25, 0.3) is 5.91 Å². The van der Waals surface area contributed by atoms with E-state index in [9.17, 15) is 28.8 Å². The second-order valence-electron chi connectivity index (χ2n) is 12.5. The number of alkyl carbamates (subject to hydrolysis) is 1. The smallest absolute Gasteiger partial charge is 0.408 e. The number of likely N-dealkylation sites (tertiary alicyclic amines) is 1. The lowest BCUT2D eigenvalue weighted by molar-refractivity contribution is -0.143. The van der Waals surface area contributed by atoms with Crippen LogP contribution in [0.25, 0.3) is 0 Å². The van der Waals surface area contributed by atoms with Crippen LogP contribution in [0.5, 0.6) is 0 Å². The fourth-order valence-electron chi connectivity index (χ4n) is 5.79. The second kappa shape index (κ2) is 14.1. The second-order valence-corrected chi connectivity index (χ2v) is 12.5. The first-order valence-corrected chi connectivity index (χ1v) is 14.9. The average molecular weight is 575 g/mol. The molecule has 5 atom stereocenters. The minimum absolute atomic E-state index is 0.0146. The Morgan fingerprint density at radius 1 is 0.976 bits per heavy atom. The van der Waals surface area contributed by atoms with Gasteiger partial charge < -0.3 is 25.6 Å². The van der Waals surface area contributed by atoms with Gasteiger partial charge in [0.2, 0.25) is 17.6 Å². The third-order valence-electron chi connectivity index (χ3n) is 7.81. The summed E-state index contributed by atoms with van der Waals surface area (Å²) in [6.45, 7) is 9.05. The molecule has 11 nitrogen and oxygen atoms in total. The number of amides is 4. The standard InChI is InChI=1S/C30H46N4O7/c1-6-9-20(35)15-16-23(33-29(40)41-30(3,4)5)28(39)34-17-18-11-8-12-21(18)24(34)26(37)32-22(10-7-2)25(36)27(38)31-19-13-14-19/h6,9,18-19,21-24H,7-8,10-17H2,1-5H3,(H,31,38)(H,32,37)(H,33,40)/t18-,21-,22-,23-,24?/m0/s1. The molecule has 0 radical (unpaired) electrons. The first kappa shape index (κ1) is 32.3. The number of nitrogens with zero attached hydrogens (tertiary/aromatic N) is 1. The van der Waals surface area contributed by atoms with Crippen molar-refractivity contribution in [1.82, 2.24) is 20.9 Å². The Balaban J connectivity index is 1.80. The van der Waals surface area contributed by atoms with Crippen LogP contribution < -0.4 is 16.0 Å². The molecular formula is C30H46N4O7. The topological polar surface area (TPSA) is 151 Å². The van der Waals surface area contributed by atoms with Crippen molar-refractivity contribution in [3.8, 4) is 0 Å². The lowest BCUT2D eigenvalue weighted by atomic mass is 9.92. The van der Waals surface area contributed by atoms with E-state index in [1.807, 2.05) is 6.92 Å². The number of fused-ring (bicyclic) bond motifs is 1. The third kappa shape index (κ3) is 9.13. The molecule has 3 rings (SSSR count). The van der Waals surface area contributed by atoms with Gasteiger partial charge >= 0.3 is 6.09 Å². The molecule has 0 aromatic rings. The van der Waals surface area contributed by atoms with Crippen LogP contribution in [0.15, 0.2) is 12.2 Å². The minimum atomic E-state index is -1.08. The zero-order chi connectivity index (χ0) is 30.3. The van der Waals surface area contributed by atoms with E-state index in [0.717, 1.165) is 32.1 Å². The molecule has 0 bridgehead atoms. The zero-order valence-corrected chi connectivity index (χ0v) is 25.0. The number of hydrogen-bond donors (Lipinski definition) is 3. The van der Waals surface area contributed by atoms with Gasteiger partial charge in [-0.3, -0.25) is 24.0 Å². The van der Waals surface area contributed by atoms with Gasteiger partial charge in [-0.2, -0.15) is 0 Å². The molecule has 4 amide bonds. The van der Waals surface area contributed by atoms with E-state index in [1.54, 1.807) is 33.8 Å². The first-order chi connectivity index (χ1) is 19.3. The van der Waals surface area contributed by atoms with E-state index in [-0.39, 0.29) is 36.5 Å². The van der Waals surface area contributed by atoms with E-state index in [4.69, 9.17) is 4.74 Å². The Morgan fingerprint density at radius 2 is 1.68 bits per heavy atom. The van der Waals surface area contributed by atoms with Crippen molar-refractivity contribution in [3.05, 3.63) is 12.2 Å². The van der Waals surface area contributed by atoms with Crippen molar-refractivity contribution in [2.75, 3.05) is 6.54 Å². The molecule has 228 valence electrons. The summed E-state index contributed by atoms with van der Waals surface area (Å²) in [6, 6.07) is -2.90. The normalized spacial score (nSPS) is 23.4. The quantitative estimate of drug-likeness (QED) is 0.226. The first-order valence-electron chi connectivity index (χ1n) is 14.9. The number of rotatable bonds is 13. The van der Waals surface area contributed by atoms with Crippen LogP contribution in [0.3, 0.4) is 0 Å². The largest absolute Gasteiger partial charge is 0.444 e. The molecule has 3 fully saturated rings. The lowest BCUT2D eigenvalue weighted by Crippen LogP contribution is -2.57. The highest BCUT2D eigenvalue weighted by Crippen LogP contribution is 2.42. The Labute approximate surface area is 242 Å². The van der Waals surface area contributed by atoms with E-state index in [2.05, 4.69) is 16.0 Å². The van der Waals surface area contributed by atoms with Crippen LogP contribution in [0, 0.1) is 11.8 Å². The van der Waals surface area contributed by atoms with Crippen LogP contribution in [0.2, 0.25) is 0 Å². The summed E-state index contributed by atoms with van der Waals surface area (Å²) < 4.78 is 5.37. The van der Waals surface area contributed by atoms with E-state index >= 15 is 0 Å². The zero-order valence-electron chi connectivity index (χ0n) is 25.0. The fraction of sp³-hybridized carbons (Fsp3) is 0.733. The number of ether oxygens (including phenoxy) is 1. The highest BCUT2D eigenvalue weighted by atomic mass is 16.6. The maximum absolute atomic E-state index is 14.0. The van der Waals surface area contributed by atoms with E-state index in [1.165, 1.54) is 11.0 Å². The molecule has 1 saturated heterocycles. The Bertz CT molecular complexity index is 1050. The fourth-order valence-corrected chi connectivity index (χ4v) is 5.79. The Kier molecular flexibility index (Phi) is 11.1. The molecule has 3 N–H and O–H groups in total.